The summed E-state index contributed by atoms with van der Waals surface area (Å²) in [5.74, 6) is 1.41. The number of carboxylic acids is 1. The van der Waals surface area contributed by atoms with Gasteiger partial charge in [-0.3, -0.25) is 0 Å². The van der Waals surface area contributed by atoms with Crippen LogP contribution in [-0.4, -0.2) is 52.2 Å². The van der Waals surface area contributed by atoms with Crippen molar-refractivity contribution in [1.29, 1.82) is 0 Å². The zero-order valence-electron chi connectivity index (χ0n) is 17.2. The molecule has 1 aromatic rings. The molecule has 1 aliphatic rings. The summed E-state index contributed by atoms with van der Waals surface area (Å²) in [6.07, 6.45) is 8.58. The third kappa shape index (κ3) is 8.11. The van der Waals surface area contributed by atoms with Gasteiger partial charge in [0.1, 0.15) is 0 Å². The van der Waals surface area contributed by atoms with Crippen LogP contribution >= 0.6 is 39.0 Å². The van der Waals surface area contributed by atoms with Crippen molar-refractivity contribution in [1.82, 2.24) is 0 Å². The molecular weight excluding hydrogens is 483 g/mol. The second-order valence-electron chi connectivity index (χ2n) is 7.65. The summed E-state index contributed by atoms with van der Waals surface area (Å²) in [6, 6.07) is 2.12. The van der Waals surface area contributed by atoms with Crippen LogP contribution in [0.25, 0.3) is 0 Å². The molecule has 1 unspecified atom stereocenters. The van der Waals surface area contributed by atoms with Crippen LogP contribution in [0.1, 0.15) is 41.9 Å². The molecule has 3 N–H and O–H groups in total. The van der Waals surface area contributed by atoms with E-state index in [0.717, 1.165) is 10.9 Å². The predicted octanol–water partition coefficient (Wildman–Crippen LogP) is 4.24. The monoisotopic (exact) mass is 512 g/mol. The Bertz CT molecular complexity index is 745. The maximum atomic E-state index is 10.6. The van der Waals surface area contributed by atoms with Crippen LogP contribution in [-0.2, 0) is 11.2 Å². The Hall–Kier alpha value is -0.665. The van der Waals surface area contributed by atoms with Gasteiger partial charge in [0.15, 0.2) is 0 Å². The van der Waals surface area contributed by atoms with E-state index in [2.05, 4.69) is 36.4 Å². The second-order valence-corrected chi connectivity index (χ2v) is 10.9. The number of carboxylic acid groups (broad SMARTS) is 1. The van der Waals surface area contributed by atoms with E-state index in [1.165, 1.54) is 9.75 Å². The van der Waals surface area contributed by atoms with E-state index in [4.69, 9.17) is 5.11 Å². The Balaban J connectivity index is 1.89. The fraction of sp³-hybridized carbons (Fsp3) is 0.545. The minimum absolute atomic E-state index is 0.00285. The summed E-state index contributed by atoms with van der Waals surface area (Å²) in [5.41, 5.74) is 0. The van der Waals surface area contributed by atoms with Gasteiger partial charge in [0.05, 0.1) is 0 Å². The first kappa shape index (κ1) is 25.6. The van der Waals surface area contributed by atoms with Gasteiger partial charge in [-0.2, -0.15) is 0 Å². The van der Waals surface area contributed by atoms with Gasteiger partial charge in [-0.25, -0.2) is 0 Å². The number of hydrogen-bond acceptors (Lipinski definition) is 5. The molecule has 0 amide bonds. The zero-order valence-corrected chi connectivity index (χ0v) is 20.5. The molecule has 1 fully saturated rings. The Morgan fingerprint density at radius 3 is 2.90 bits per heavy atom. The molecule has 30 heavy (non-hydrogen) atoms. The SMILES string of the molecule is B=C[C@@H]1CC(O)[C@H](S/C=C\CCCC(=O)O)[C@H]1/C=C/[C@@H](O)CCc1cc(Br)c(C)s1. The van der Waals surface area contributed by atoms with Crippen LogP contribution in [0.4, 0.5) is 0 Å². The average Bonchev–Trinajstić information content (AvgIpc) is 3.19. The molecule has 1 aliphatic carbocycles. The number of rotatable bonds is 12. The fourth-order valence-corrected chi connectivity index (χ4v) is 6.44. The Morgan fingerprint density at radius 1 is 1.50 bits per heavy atom. The van der Waals surface area contributed by atoms with Crippen LogP contribution in [0.5, 0.6) is 0 Å². The molecule has 1 aromatic heterocycles. The molecule has 1 saturated carbocycles. The Kier molecular flexibility index (Phi) is 11.1. The number of carbonyl (C=O) groups is 1. The molecule has 164 valence electrons. The van der Waals surface area contributed by atoms with Gasteiger partial charge < -0.3 is 0 Å². The Morgan fingerprint density at radius 2 is 2.27 bits per heavy atom. The number of thioether (sulfide) groups is 1. The van der Waals surface area contributed by atoms with Gasteiger partial charge in [0.2, 0.25) is 0 Å². The molecule has 1 heterocycles. The zero-order chi connectivity index (χ0) is 22.1. The van der Waals surface area contributed by atoms with E-state index in [0.29, 0.717) is 25.7 Å². The molecule has 0 radical (unpaired) electrons. The van der Waals surface area contributed by atoms with Gasteiger partial charge in [0.25, 0.3) is 0 Å². The second kappa shape index (κ2) is 13.0. The molecule has 0 saturated heterocycles. The number of aryl methyl sites for hydroxylation is 2. The first-order valence-electron chi connectivity index (χ1n) is 10.3. The molecule has 2 rings (SSSR count). The first-order chi connectivity index (χ1) is 14.3. The van der Waals surface area contributed by atoms with Crippen LogP contribution in [0.2, 0.25) is 0 Å². The van der Waals surface area contributed by atoms with Crippen LogP contribution in [0, 0.1) is 18.8 Å². The third-order valence-corrected chi connectivity index (χ3v) is 8.80. The summed E-state index contributed by atoms with van der Waals surface area (Å²) in [4.78, 5) is 13.1. The molecule has 0 aliphatic heterocycles. The van der Waals surface area contributed by atoms with E-state index in [-0.39, 0.29) is 23.5 Å². The topological polar surface area (TPSA) is 77.8 Å². The summed E-state index contributed by atoms with van der Waals surface area (Å²) in [7, 11) is 3.92. The first-order valence-corrected chi connectivity index (χ1v) is 12.8. The molecule has 0 bridgehead atoms. The predicted molar refractivity (Wildman–Crippen MR) is 133 cm³/mol. The average molecular weight is 513 g/mol. The van der Waals surface area contributed by atoms with E-state index in [1.807, 2.05) is 29.6 Å². The standard InChI is InChI=1S/C22H30BBrO4S2/c1-14-19(24)12-17(30-14)8-6-16(25)7-9-18-15(13-23)11-20(26)22(18)29-10-4-2-3-5-21(27)28/h4,7,9-10,12-13,15-16,18,20,22-23,25-26H,2-3,5-6,8,11H2,1H3,(H,27,28)/b9-7+,10-4-/t15-,16-,18-,20?,22+/m0/s1. The van der Waals surface area contributed by atoms with Gasteiger partial charge in [-0.15, -0.1) is 0 Å². The molecule has 0 spiro atoms. The van der Waals surface area contributed by atoms with Crippen molar-refractivity contribution in [3.8, 4) is 0 Å². The Labute approximate surface area is 196 Å². The van der Waals surface area contributed by atoms with Gasteiger partial charge in [-0.05, 0) is 0 Å². The van der Waals surface area contributed by atoms with Crippen molar-refractivity contribution in [3.63, 3.8) is 0 Å². The summed E-state index contributed by atoms with van der Waals surface area (Å²) in [5, 5.41) is 31.6. The van der Waals surface area contributed by atoms with Crippen LogP contribution in [0.15, 0.2) is 34.2 Å². The third-order valence-electron chi connectivity index (χ3n) is 5.31. The number of aliphatic hydroxyl groups is 2. The van der Waals surface area contributed by atoms with E-state index < -0.39 is 18.2 Å². The molecule has 0 aromatic carbocycles. The van der Waals surface area contributed by atoms with Crippen molar-refractivity contribution in [3.05, 3.63) is 43.9 Å². The number of allylic oxidation sites excluding steroid dienone is 2. The van der Waals surface area contributed by atoms with Crippen LogP contribution in [0.3, 0.4) is 0 Å². The number of hydrogen-bond donors (Lipinski definition) is 3. The van der Waals surface area contributed by atoms with Gasteiger partial charge in [0, 0.05) is 0 Å². The maximum absolute atomic E-state index is 10.6. The summed E-state index contributed by atoms with van der Waals surface area (Å²) in [6.45, 7) is 2.08. The van der Waals surface area contributed by atoms with E-state index >= 15 is 0 Å². The van der Waals surface area contributed by atoms with Gasteiger partial charge >= 0.3 is 197 Å². The van der Waals surface area contributed by atoms with Crippen molar-refractivity contribution < 1.29 is 20.1 Å². The normalized spacial score (nSPS) is 25.3. The molecular formula is C22H30BBrO4S2. The van der Waals surface area contributed by atoms with E-state index in [1.54, 1.807) is 23.1 Å². The summed E-state index contributed by atoms with van der Waals surface area (Å²) >= 11 is 6.86. The number of unbranched alkanes of at least 4 members (excludes halogenated alkanes) is 1. The van der Waals surface area contributed by atoms with Crippen molar-refractivity contribution in [2.24, 2.45) is 11.8 Å². The molecule has 5 atom stereocenters. The quantitative estimate of drug-likeness (QED) is 0.222. The van der Waals surface area contributed by atoms with Crippen molar-refractivity contribution in [2.75, 3.05) is 0 Å². The summed E-state index contributed by atoms with van der Waals surface area (Å²) < 4.78 is 1.12. The number of aliphatic carboxylic acids is 1. The van der Waals surface area contributed by atoms with Crippen molar-refractivity contribution in [2.45, 2.75) is 62.9 Å². The van der Waals surface area contributed by atoms with Crippen LogP contribution < -0.4 is 0 Å². The number of halogens is 1. The molecule has 8 heteroatoms. The van der Waals surface area contributed by atoms with E-state index in [9.17, 15) is 15.0 Å². The number of aliphatic hydroxyl groups excluding tert-OH is 2. The van der Waals surface area contributed by atoms with Crippen molar-refractivity contribution >= 4 is 58.5 Å². The minimum atomic E-state index is -0.776. The molecule has 4 nitrogen and oxygen atoms in total. The fourth-order valence-electron chi connectivity index (χ4n) is 3.63. The number of thiophene rings is 1. The van der Waals surface area contributed by atoms with Gasteiger partial charge in [-0.1, -0.05) is 0 Å².